The van der Waals surface area contributed by atoms with Crippen molar-refractivity contribution in [3.05, 3.63) is 0 Å². The Kier molecular flexibility index (Phi) is 4.70. The van der Waals surface area contributed by atoms with Crippen LogP contribution in [0, 0.1) is 5.41 Å². The van der Waals surface area contributed by atoms with Gasteiger partial charge in [-0.25, -0.2) is 0 Å². The van der Waals surface area contributed by atoms with Crippen molar-refractivity contribution in [3.63, 3.8) is 0 Å². The third kappa shape index (κ3) is 3.01. The van der Waals surface area contributed by atoms with Crippen LogP contribution in [0.2, 0.25) is 0 Å². The molecule has 0 aromatic rings. The largest absolute Gasteiger partial charge is 0.354 e. The summed E-state index contributed by atoms with van der Waals surface area (Å²) in [5, 5.41) is 3.20. The molecule has 1 N–H and O–H groups in total. The SMILES string of the molecule is CC1(C(=O)NCC2(N3CCCCC3)CCCCC2)CC1(Cl)Cl. The Bertz CT molecular complexity index is 428. The Labute approximate surface area is 144 Å². The molecule has 3 rings (SSSR count). The molecular formula is C17H28Cl2N2O. The van der Waals surface area contributed by atoms with E-state index in [0.717, 1.165) is 6.54 Å². The van der Waals surface area contributed by atoms with E-state index < -0.39 is 9.75 Å². The Morgan fingerprint density at radius 3 is 2.14 bits per heavy atom. The highest BCUT2D eigenvalue weighted by molar-refractivity contribution is 6.53. The highest BCUT2D eigenvalue weighted by Crippen LogP contribution is 2.63. The van der Waals surface area contributed by atoms with Gasteiger partial charge in [0.15, 0.2) is 0 Å². The number of amides is 1. The molecule has 1 unspecified atom stereocenters. The van der Waals surface area contributed by atoms with Crippen molar-refractivity contribution in [1.82, 2.24) is 10.2 Å². The molecule has 2 saturated carbocycles. The maximum atomic E-state index is 12.5. The Hall–Kier alpha value is 0.01000. The van der Waals surface area contributed by atoms with Crippen molar-refractivity contribution in [2.24, 2.45) is 5.41 Å². The van der Waals surface area contributed by atoms with Crippen molar-refractivity contribution < 1.29 is 4.79 Å². The molecule has 22 heavy (non-hydrogen) atoms. The molecular weight excluding hydrogens is 319 g/mol. The lowest BCUT2D eigenvalue weighted by Crippen LogP contribution is -2.58. The first kappa shape index (κ1) is 16.9. The number of likely N-dealkylation sites (tertiary alicyclic amines) is 1. The van der Waals surface area contributed by atoms with Crippen molar-refractivity contribution in [1.29, 1.82) is 0 Å². The van der Waals surface area contributed by atoms with E-state index in [2.05, 4.69) is 10.2 Å². The molecule has 3 fully saturated rings. The van der Waals surface area contributed by atoms with E-state index in [1.807, 2.05) is 6.92 Å². The third-order valence-corrected chi connectivity index (χ3v) is 7.25. The second-order valence-corrected chi connectivity index (χ2v) is 9.21. The topological polar surface area (TPSA) is 32.3 Å². The number of hydrogen-bond acceptors (Lipinski definition) is 2. The first-order valence-electron chi connectivity index (χ1n) is 8.81. The number of alkyl halides is 2. The van der Waals surface area contributed by atoms with Crippen LogP contribution in [0.5, 0.6) is 0 Å². The fourth-order valence-electron chi connectivity index (χ4n) is 4.27. The Morgan fingerprint density at radius 2 is 1.59 bits per heavy atom. The average Bonchev–Trinajstić information content (AvgIpc) is 3.06. The first-order chi connectivity index (χ1) is 10.4. The summed E-state index contributed by atoms with van der Waals surface area (Å²) in [7, 11) is 0. The van der Waals surface area contributed by atoms with Crippen LogP contribution in [-0.4, -0.2) is 40.3 Å². The van der Waals surface area contributed by atoms with Crippen LogP contribution in [-0.2, 0) is 4.79 Å². The number of hydrogen-bond donors (Lipinski definition) is 1. The Morgan fingerprint density at radius 1 is 1.05 bits per heavy atom. The van der Waals surface area contributed by atoms with E-state index in [0.29, 0.717) is 6.42 Å². The number of rotatable bonds is 4. The molecule has 0 aromatic heterocycles. The van der Waals surface area contributed by atoms with E-state index in [1.54, 1.807) is 0 Å². The van der Waals surface area contributed by atoms with Crippen molar-refractivity contribution in [2.45, 2.75) is 74.6 Å². The number of nitrogens with zero attached hydrogens (tertiary/aromatic N) is 1. The monoisotopic (exact) mass is 346 g/mol. The van der Waals surface area contributed by atoms with E-state index in [-0.39, 0.29) is 11.4 Å². The normalized spacial score (nSPS) is 34.1. The van der Waals surface area contributed by atoms with Gasteiger partial charge in [0.2, 0.25) is 5.91 Å². The minimum absolute atomic E-state index is 0.0273. The van der Waals surface area contributed by atoms with Crippen LogP contribution in [0.4, 0.5) is 0 Å². The third-order valence-electron chi connectivity index (χ3n) is 6.15. The number of nitrogens with one attached hydrogen (secondary N) is 1. The van der Waals surface area contributed by atoms with Gasteiger partial charge in [0, 0.05) is 12.1 Å². The standard InChI is InChI=1S/C17H28Cl2N2O/c1-15(12-17(15,18)19)14(22)20-13-16(8-4-2-5-9-16)21-10-6-3-7-11-21/h2-13H2,1H3,(H,20,22). The fraction of sp³-hybridized carbons (Fsp3) is 0.941. The second-order valence-electron chi connectivity index (χ2n) is 7.73. The van der Waals surface area contributed by atoms with Gasteiger partial charge in [-0.05, 0) is 52.1 Å². The molecule has 1 saturated heterocycles. The molecule has 3 aliphatic rings. The Balaban J connectivity index is 1.64. The molecule has 0 spiro atoms. The number of carbonyl (C=O) groups excluding carboxylic acids is 1. The summed E-state index contributed by atoms with van der Waals surface area (Å²) < 4.78 is -0.873. The molecule has 0 radical (unpaired) electrons. The molecule has 0 aromatic carbocycles. The summed E-state index contributed by atoms with van der Waals surface area (Å²) in [6.07, 6.45) is 10.8. The lowest BCUT2D eigenvalue weighted by molar-refractivity contribution is -0.126. The predicted molar refractivity (Wildman–Crippen MR) is 91.4 cm³/mol. The average molecular weight is 347 g/mol. The van der Waals surface area contributed by atoms with Crippen LogP contribution in [0.15, 0.2) is 0 Å². The van der Waals surface area contributed by atoms with Gasteiger partial charge >= 0.3 is 0 Å². The van der Waals surface area contributed by atoms with Crippen LogP contribution in [0.3, 0.4) is 0 Å². The zero-order chi connectivity index (χ0) is 15.8. The lowest BCUT2D eigenvalue weighted by Gasteiger charge is -2.48. The first-order valence-corrected chi connectivity index (χ1v) is 9.57. The molecule has 1 aliphatic heterocycles. The smallest absolute Gasteiger partial charge is 0.229 e. The van der Waals surface area contributed by atoms with Gasteiger partial charge in [-0.15, -0.1) is 23.2 Å². The number of carbonyl (C=O) groups is 1. The minimum atomic E-state index is -0.873. The highest BCUT2D eigenvalue weighted by atomic mass is 35.5. The van der Waals surface area contributed by atoms with Crippen molar-refractivity contribution in [2.75, 3.05) is 19.6 Å². The zero-order valence-corrected chi connectivity index (χ0v) is 15.1. The molecule has 1 atom stereocenters. The van der Waals surface area contributed by atoms with Gasteiger partial charge in [-0.3, -0.25) is 9.69 Å². The predicted octanol–water partition coefficient (Wildman–Crippen LogP) is 3.88. The van der Waals surface area contributed by atoms with Crippen LogP contribution in [0.25, 0.3) is 0 Å². The van der Waals surface area contributed by atoms with Gasteiger partial charge < -0.3 is 5.32 Å². The van der Waals surface area contributed by atoms with E-state index in [1.165, 1.54) is 64.5 Å². The summed E-state index contributed by atoms with van der Waals surface area (Å²) in [6, 6.07) is 0. The summed E-state index contributed by atoms with van der Waals surface area (Å²) >= 11 is 12.3. The quantitative estimate of drug-likeness (QED) is 0.783. The van der Waals surface area contributed by atoms with E-state index in [9.17, 15) is 4.79 Å². The summed E-state index contributed by atoms with van der Waals surface area (Å²) in [5.74, 6) is 0.0273. The van der Waals surface area contributed by atoms with Crippen LogP contribution < -0.4 is 5.32 Å². The van der Waals surface area contributed by atoms with Gasteiger partial charge in [0.05, 0.1) is 5.41 Å². The van der Waals surface area contributed by atoms with Gasteiger partial charge in [0.1, 0.15) is 4.33 Å². The maximum Gasteiger partial charge on any atom is 0.229 e. The second kappa shape index (κ2) is 6.14. The summed E-state index contributed by atoms with van der Waals surface area (Å²) in [5.41, 5.74) is -0.436. The van der Waals surface area contributed by atoms with Gasteiger partial charge in [-0.2, -0.15) is 0 Å². The molecule has 5 heteroatoms. The number of halogens is 2. The molecule has 3 nitrogen and oxygen atoms in total. The summed E-state index contributed by atoms with van der Waals surface area (Å²) in [6.45, 7) is 4.99. The van der Waals surface area contributed by atoms with E-state index >= 15 is 0 Å². The molecule has 1 heterocycles. The molecule has 0 bridgehead atoms. The van der Waals surface area contributed by atoms with Gasteiger partial charge in [-0.1, -0.05) is 25.7 Å². The van der Waals surface area contributed by atoms with E-state index in [4.69, 9.17) is 23.2 Å². The highest BCUT2D eigenvalue weighted by Gasteiger charge is 2.68. The van der Waals surface area contributed by atoms with Gasteiger partial charge in [0.25, 0.3) is 0 Å². The van der Waals surface area contributed by atoms with Crippen LogP contribution >= 0.6 is 23.2 Å². The molecule has 2 aliphatic carbocycles. The molecule has 1 amide bonds. The van der Waals surface area contributed by atoms with Crippen molar-refractivity contribution in [3.8, 4) is 0 Å². The summed E-state index contributed by atoms with van der Waals surface area (Å²) in [4.78, 5) is 15.2. The minimum Gasteiger partial charge on any atom is -0.354 e. The molecule has 126 valence electrons. The lowest BCUT2D eigenvalue weighted by atomic mass is 9.79. The maximum absolute atomic E-state index is 12.5. The van der Waals surface area contributed by atoms with Crippen LogP contribution in [0.1, 0.15) is 64.7 Å². The zero-order valence-electron chi connectivity index (χ0n) is 13.6. The fourth-order valence-corrected chi connectivity index (χ4v) is 4.98. The van der Waals surface area contributed by atoms with Crippen molar-refractivity contribution >= 4 is 29.1 Å². The number of piperidine rings is 1.